The number of ketones is 1. The molecule has 2 unspecified atom stereocenters. The number of Topliss-reactive ketones (excluding diaryl/α,β-unsaturated/α-hetero) is 1. The summed E-state index contributed by atoms with van der Waals surface area (Å²) in [5.41, 5.74) is 0.701. The summed E-state index contributed by atoms with van der Waals surface area (Å²) in [6, 6.07) is 24.8. The maximum Gasteiger partial charge on any atom is 0.407 e. The average Bonchev–Trinajstić information content (AvgIpc) is 3.67. The molecule has 4 rings (SSSR count). The lowest BCUT2D eigenvalue weighted by molar-refractivity contribution is -0.151. The van der Waals surface area contributed by atoms with E-state index >= 15 is 4.57 Å². The first-order valence-electron chi connectivity index (χ1n) is 18.0. The minimum atomic E-state index is -4.74. The van der Waals surface area contributed by atoms with Crippen LogP contribution in [0.15, 0.2) is 91.0 Å². The van der Waals surface area contributed by atoms with Gasteiger partial charge in [-0.2, -0.15) is 0 Å². The van der Waals surface area contributed by atoms with Gasteiger partial charge in [-0.15, -0.1) is 0 Å². The van der Waals surface area contributed by atoms with Crippen molar-refractivity contribution < 1.29 is 52.2 Å². The van der Waals surface area contributed by atoms with Gasteiger partial charge in [-0.05, 0) is 55.4 Å². The molecule has 2 amide bonds. The Labute approximate surface area is 315 Å². The molecule has 0 spiro atoms. The summed E-state index contributed by atoms with van der Waals surface area (Å²) in [5.74, 6) is -4.77. The Bertz CT molecular complexity index is 1750. The normalized spacial score (nSPS) is 16.4. The van der Waals surface area contributed by atoms with Crippen LogP contribution in [0.2, 0.25) is 0 Å². The number of likely N-dealkylation sites (tertiary alicyclic amines) is 1. The van der Waals surface area contributed by atoms with E-state index in [0.717, 1.165) is 5.56 Å². The number of carbonyl (C=O) groups excluding carboxylic acids is 4. The van der Waals surface area contributed by atoms with Crippen molar-refractivity contribution in [1.82, 2.24) is 10.2 Å². The fourth-order valence-corrected chi connectivity index (χ4v) is 7.51. The highest BCUT2D eigenvalue weighted by Gasteiger charge is 2.46. The van der Waals surface area contributed by atoms with Gasteiger partial charge in [0.1, 0.15) is 25.4 Å². The van der Waals surface area contributed by atoms with Gasteiger partial charge in [0.05, 0.1) is 5.56 Å². The third kappa shape index (κ3) is 12.6. The Balaban J connectivity index is 1.60. The molecule has 0 bridgehead atoms. The molecule has 54 heavy (non-hydrogen) atoms. The van der Waals surface area contributed by atoms with Gasteiger partial charge in [0.2, 0.25) is 5.85 Å². The quantitative estimate of drug-likeness (QED) is 0.0747. The number of alkyl carbamates (subject to hydrolysis) is 1. The topological polar surface area (TPSA) is 175 Å². The number of unbranched alkanes of at least 4 members (excludes halogenated alkanes) is 1. The van der Waals surface area contributed by atoms with Crippen LogP contribution >= 0.6 is 7.60 Å². The summed E-state index contributed by atoms with van der Waals surface area (Å²) in [5, 5.41) is 12.5. The summed E-state index contributed by atoms with van der Waals surface area (Å²) in [4.78, 5) is 66.3. The molecule has 1 fully saturated rings. The Morgan fingerprint density at radius 3 is 2.11 bits per heavy atom. The lowest BCUT2D eigenvalue weighted by Crippen LogP contribution is -2.46. The second-order valence-electron chi connectivity index (χ2n) is 14.0. The average molecular weight is 765 g/mol. The molecule has 4 atom stereocenters. The molecule has 0 aliphatic carbocycles. The maximum atomic E-state index is 15.2. The van der Waals surface area contributed by atoms with E-state index in [0.29, 0.717) is 18.4 Å². The minimum Gasteiger partial charge on any atom is -0.480 e. The second-order valence-corrected chi connectivity index (χ2v) is 16.1. The van der Waals surface area contributed by atoms with Crippen LogP contribution in [0.25, 0.3) is 0 Å². The number of rotatable bonds is 19. The van der Waals surface area contributed by atoms with Crippen LogP contribution in [0.4, 0.5) is 4.79 Å². The van der Waals surface area contributed by atoms with Crippen molar-refractivity contribution in [3.05, 3.63) is 108 Å². The Morgan fingerprint density at radius 1 is 0.889 bits per heavy atom. The van der Waals surface area contributed by atoms with Gasteiger partial charge in [-0.25, -0.2) is 14.4 Å². The maximum absolute atomic E-state index is 15.2. The van der Waals surface area contributed by atoms with E-state index in [9.17, 15) is 29.1 Å². The van der Waals surface area contributed by atoms with Crippen molar-refractivity contribution >= 4 is 37.3 Å². The first kappa shape index (κ1) is 41.9. The zero-order valence-corrected chi connectivity index (χ0v) is 31.8. The molecule has 1 saturated heterocycles. The van der Waals surface area contributed by atoms with Crippen LogP contribution in [-0.4, -0.2) is 77.4 Å². The molecule has 14 heteroatoms. The third-order valence-electron chi connectivity index (χ3n) is 8.82. The predicted molar refractivity (Wildman–Crippen MR) is 200 cm³/mol. The second kappa shape index (κ2) is 20.0. The molecule has 0 aromatic heterocycles. The minimum absolute atomic E-state index is 0.0618. The molecule has 3 aromatic rings. The van der Waals surface area contributed by atoms with Crippen LogP contribution in [0, 0.1) is 5.41 Å². The van der Waals surface area contributed by atoms with Gasteiger partial charge in [-0.1, -0.05) is 99.6 Å². The van der Waals surface area contributed by atoms with E-state index in [1.54, 1.807) is 69.3 Å². The van der Waals surface area contributed by atoms with Crippen molar-refractivity contribution in [2.45, 2.75) is 83.9 Å². The van der Waals surface area contributed by atoms with E-state index in [4.69, 9.17) is 18.5 Å². The number of carboxylic acid groups (broad SMARTS) is 1. The van der Waals surface area contributed by atoms with Crippen molar-refractivity contribution in [2.24, 2.45) is 5.41 Å². The van der Waals surface area contributed by atoms with Gasteiger partial charge >= 0.3 is 25.6 Å². The Kier molecular flexibility index (Phi) is 15.5. The number of amides is 2. The molecule has 0 radical (unpaired) electrons. The molecule has 13 nitrogen and oxygen atoms in total. The number of carboxylic acids is 1. The molecule has 1 aliphatic heterocycles. The molecule has 1 heterocycles. The van der Waals surface area contributed by atoms with Crippen molar-refractivity contribution in [3.8, 4) is 0 Å². The SMILES string of the molecule is CC(C)(C)C(=O)COP(=O)(OC(CCCCNC(=O)OCc1ccccc1)C(=O)N1CCC[C@H]1C(=O)O)[C@@H](Cc1ccccc1)OC(=O)c1ccccc1. The zero-order chi connectivity index (χ0) is 39.1. The third-order valence-corrected chi connectivity index (χ3v) is 10.8. The fraction of sp³-hybridized carbons (Fsp3) is 0.425. The van der Waals surface area contributed by atoms with E-state index in [1.807, 2.05) is 30.3 Å². The zero-order valence-electron chi connectivity index (χ0n) is 30.9. The molecule has 0 saturated carbocycles. The number of nitrogens with zero attached hydrogens (tertiary/aromatic N) is 1. The van der Waals surface area contributed by atoms with Gasteiger partial charge in [-0.3, -0.25) is 23.2 Å². The van der Waals surface area contributed by atoms with Gasteiger partial charge in [0, 0.05) is 24.9 Å². The smallest absolute Gasteiger partial charge is 0.407 e. The molecule has 2 N–H and O–H groups in total. The number of benzene rings is 3. The molecular formula is C40H49N2O11P. The Hall–Kier alpha value is -4.84. The van der Waals surface area contributed by atoms with Crippen molar-refractivity contribution in [3.63, 3.8) is 0 Å². The lowest BCUT2D eigenvalue weighted by atomic mass is 9.91. The van der Waals surface area contributed by atoms with Crippen LogP contribution in [0.3, 0.4) is 0 Å². The summed E-state index contributed by atoms with van der Waals surface area (Å²) >= 11 is 0. The van der Waals surface area contributed by atoms with E-state index < -0.39 is 67.3 Å². The van der Waals surface area contributed by atoms with Gasteiger partial charge in [0.15, 0.2) is 5.78 Å². The van der Waals surface area contributed by atoms with Gasteiger partial charge < -0.3 is 24.8 Å². The van der Waals surface area contributed by atoms with Crippen LogP contribution < -0.4 is 5.32 Å². The fourth-order valence-electron chi connectivity index (χ4n) is 5.64. The van der Waals surface area contributed by atoms with Crippen molar-refractivity contribution in [1.29, 1.82) is 0 Å². The van der Waals surface area contributed by atoms with Gasteiger partial charge in [0.25, 0.3) is 5.91 Å². The number of ether oxygens (including phenoxy) is 2. The number of hydrogen-bond acceptors (Lipinski definition) is 10. The highest BCUT2D eigenvalue weighted by molar-refractivity contribution is 7.54. The molecule has 290 valence electrons. The first-order valence-corrected chi connectivity index (χ1v) is 19.6. The number of esters is 1. The van der Waals surface area contributed by atoms with Crippen molar-refractivity contribution in [2.75, 3.05) is 19.7 Å². The molecule has 3 aromatic carbocycles. The predicted octanol–water partition coefficient (Wildman–Crippen LogP) is 6.79. The Morgan fingerprint density at radius 2 is 1.50 bits per heavy atom. The number of carbonyl (C=O) groups is 5. The number of aliphatic carboxylic acids is 1. The highest BCUT2D eigenvalue weighted by Crippen LogP contribution is 2.56. The van der Waals surface area contributed by atoms with Crippen LogP contribution in [-0.2, 0) is 50.5 Å². The summed E-state index contributed by atoms with van der Waals surface area (Å²) in [6.07, 6.45) is -1.10. The van der Waals surface area contributed by atoms with Crippen LogP contribution in [0.5, 0.6) is 0 Å². The summed E-state index contributed by atoms with van der Waals surface area (Å²) in [7, 11) is -4.74. The summed E-state index contributed by atoms with van der Waals surface area (Å²) in [6.45, 7) is 4.72. The number of nitrogens with one attached hydrogen (secondary N) is 1. The van der Waals surface area contributed by atoms with E-state index in [1.165, 1.54) is 17.0 Å². The summed E-state index contributed by atoms with van der Waals surface area (Å²) < 4.78 is 38.4. The lowest BCUT2D eigenvalue weighted by Gasteiger charge is -2.32. The number of hydrogen-bond donors (Lipinski definition) is 2. The highest BCUT2D eigenvalue weighted by atomic mass is 31.2. The standard InChI is InChI=1S/C40H49N2O11P/c1-40(2,3)34(43)28-51-54(49,35(26-29-16-7-4-8-17-29)52-38(47)31-20-11-6-12-21-31)53-33(36(44)42-25-15-22-32(42)37(45)46)23-13-14-24-41-39(48)50-27-30-18-9-5-10-19-30/h4-12,16-21,32-33,35H,13-15,22-28H2,1-3H3,(H,41,48)(H,45,46)/t32-,33?,35-,54?/m0/s1. The monoisotopic (exact) mass is 764 g/mol. The van der Waals surface area contributed by atoms with E-state index in [-0.39, 0.29) is 50.9 Å². The molecule has 1 aliphatic rings. The first-order chi connectivity index (χ1) is 25.8. The molecular weight excluding hydrogens is 715 g/mol. The van der Waals surface area contributed by atoms with E-state index in [2.05, 4.69) is 5.32 Å². The van der Waals surface area contributed by atoms with Crippen LogP contribution in [0.1, 0.15) is 74.4 Å². The largest absolute Gasteiger partial charge is 0.480 e.